The second kappa shape index (κ2) is 2.27. The summed E-state index contributed by atoms with van der Waals surface area (Å²) in [6.45, 7) is 5.67. The lowest BCUT2D eigenvalue weighted by Gasteiger charge is -2.60. The Morgan fingerprint density at radius 3 is 2.62 bits per heavy atom. The van der Waals surface area contributed by atoms with Crippen molar-refractivity contribution in [1.82, 2.24) is 10.2 Å². The Bertz CT molecular complexity index is 423. The molecule has 0 aromatic rings. The van der Waals surface area contributed by atoms with Crippen molar-refractivity contribution in [3.63, 3.8) is 0 Å². The van der Waals surface area contributed by atoms with E-state index in [0.29, 0.717) is 6.42 Å². The summed E-state index contributed by atoms with van der Waals surface area (Å²) in [5.74, 6) is -0.204. The Hall–Kier alpha value is -1.10. The molecular formula is C11H16N2O3. The number of piperidine rings is 2. The number of fused-ring (bicyclic) bond motifs is 1. The molecule has 5 nitrogen and oxygen atoms in total. The lowest BCUT2D eigenvalue weighted by Crippen LogP contribution is -2.82. The monoisotopic (exact) mass is 224 g/mol. The van der Waals surface area contributed by atoms with Gasteiger partial charge in [-0.05, 0) is 34.2 Å². The van der Waals surface area contributed by atoms with E-state index in [-0.39, 0.29) is 17.9 Å². The third kappa shape index (κ3) is 0.678. The molecule has 4 heterocycles. The van der Waals surface area contributed by atoms with Gasteiger partial charge in [-0.15, -0.1) is 0 Å². The standard InChI is InChI=1S/C11H16N2O3/c1-9-5-6-7(14)12-10(9,2)11(3,13(6)4)16-8(9)15/h6H,5H2,1-4H3,(H,12,14). The lowest BCUT2D eigenvalue weighted by molar-refractivity contribution is -0.202. The molecule has 0 aliphatic carbocycles. The number of nitrogens with zero attached hydrogens (tertiary/aromatic N) is 1. The first-order valence-corrected chi connectivity index (χ1v) is 5.55. The van der Waals surface area contributed by atoms with Crippen molar-refractivity contribution in [2.75, 3.05) is 7.05 Å². The highest BCUT2D eigenvalue weighted by atomic mass is 16.6. The lowest BCUT2D eigenvalue weighted by atomic mass is 9.59. The van der Waals surface area contributed by atoms with Crippen LogP contribution in [0.1, 0.15) is 27.2 Å². The van der Waals surface area contributed by atoms with Gasteiger partial charge in [0.2, 0.25) is 5.91 Å². The van der Waals surface area contributed by atoms with Crippen LogP contribution in [0.3, 0.4) is 0 Å². The van der Waals surface area contributed by atoms with Crippen molar-refractivity contribution in [3.8, 4) is 0 Å². The van der Waals surface area contributed by atoms with Crippen LogP contribution in [0.15, 0.2) is 0 Å². The maximum atomic E-state index is 12.0. The van der Waals surface area contributed by atoms with Crippen LogP contribution in [0.25, 0.3) is 0 Å². The van der Waals surface area contributed by atoms with E-state index in [2.05, 4.69) is 5.32 Å². The molecule has 0 saturated carbocycles. The zero-order chi connectivity index (χ0) is 11.9. The number of likely N-dealkylation sites (N-methyl/N-ethyl adjacent to an activating group) is 1. The summed E-state index contributed by atoms with van der Waals surface area (Å²) in [5.41, 5.74) is -1.97. The third-order valence-corrected chi connectivity index (χ3v) is 5.19. The second-order valence-corrected chi connectivity index (χ2v) is 5.65. The first-order chi connectivity index (χ1) is 7.26. The van der Waals surface area contributed by atoms with Crippen molar-refractivity contribution in [1.29, 1.82) is 0 Å². The normalized spacial score (nSPS) is 55.1. The first kappa shape index (κ1) is 10.1. The van der Waals surface area contributed by atoms with Gasteiger partial charge in [-0.25, -0.2) is 0 Å². The van der Waals surface area contributed by atoms with E-state index in [1.165, 1.54) is 0 Å². The molecule has 4 bridgehead atoms. The summed E-state index contributed by atoms with van der Waals surface area (Å²) >= 11 is 0. The highest BCUT2D eigenvalue weighted by molar-refractivity contribution is 5.93. The molecule has 4 saturated heterocycles. The fraction of sp³-hybridized carbons (Fsp3) is 0.818. The number of hydrogen-bond donors (Lipinski definition) is 1. The van der Waals surface area contributed by atoms with Gasteiger partial charge in [-0.1, -0.05) is 0 Å². The van der Waals surface area contributed by atoms with Crippen molar-refractivity contribution in [3.05, 3.63) is 0 Å². The van der Waals surface area contributed by atoms with Crippen LogP contribution in [-0.2, 0) is 14.3 Å². The second-order valence-electron chi connectivity index (χ2n) is 5.65. The van der Waals surface area contributed by atoms with E-state index in [9.17, 15) is 9.59 Å². The molecule has 1 N–H and O–H groups in total. The number of ether oxygens (including phenoxy) is 1. The van der Waals surface area contributed by atoms with E-state index in [4.69, 9.17) is 4.74 Å². The van der Waals surface area contributed by atoms with Crippen LogP contribution in [0.2, 0.25) is 0 Å². The van der Waals surface area contributed by atoms with Gasteiger partial charge in [-0.3, -0.25) is 14.5 Å². The summed E-state index contributed by atoms with van der Waals surface area (Å²) in [7, 11) is 1.85. The van der Waals surface area contributed by atoms with Crippen LogP contribution in [-0.4, -0.2) is 41.1 Å². The van der Waals surface area contributed by atoms with Crippen LogP contribution < -0.4 is 5.32 Å². The molecule has 0 aromatic heterocycles. The van der Waals surface area contributed by atoms with Crippen LogP contribution in [0.4, 0.5) is 0 Å². The summed E-state index contributed by atoms with van der Waals surface area (Å²) in [5, 5.41) is 2.97. The summed E-state index contributed by atoms with van der Waals surface area (Å²) in [4.78, 5) is 25.8. The van der Waals surface area contributed by atoms with E-state index < -0.39 is 16.7 Å². The molecule has 0 spiro atoms. The molecule has 4 atom stereocenters. The van der Waals surface area contributed by atoms with Gasteiger partial charge in [0.25, 0.3) is 0 Å². The van der Waals surface area contributed by atoms with Crippen molar-refractivity contribution in [2.24, 2.45) is 5.41 Å². The largest absolute Gasteiger partial charge is 0.441 e. The molecule has 5 heteroatoms. The van der Waals surface area contributed by atoms with E-state index >= 15 is 0 Å². The molecule has 1 amide bonds. The van der Waals surface area contributed by atoms with E-state index in [0.717, 1.165) is 0 Å². The average molecular weight is 224 g/mol. The number of rotatable bonds is 0. The Morgan fingerprint density at radius 2 is 2.00 bits per heavy atom. The smallest absolute Gasteiger partial charge is 0.316 e. The Morgan fingerprint density at radius 1 is 1.38 bits per heavy atom. The molecule has 16 heavy (non-hydrogen) atoms. The average Bonchev–Trinajstić information content (AvgIpc) is 2.28. The fourth-order valence-electron chi connectivity index (χ4n) is 3.50. The van der Waals surface area contributed by atoms with E-state index in [1.807, 2.05) is 32.7 Å². The highest BCUT2D eigenvalue weighted by Crippen LogP contribution is 2.59. The molecule has 0 radical (unpaired) electrons. The van der Waals surface area contributed by atoms with Crippen molar-refractivity contribution >= 4 is 11.9 Å². The minimum absolute atomic E-state index is 0.00162. The van der Waals surface area contributed by atoms with Gasteiger partial charge in [-0.2, -0.15) is 0 Å². The quantitative estimate of drug-likeness (QED) is 0.582. The molecule has 88 valence electrons. The number of hydrogen-bond acceptors (Lipinski definition) is 4. The topological polar surface area (TPSA) is 58.6 Å². The van der Waals surface area contributed by atoms with Crippen LogP contribution in [0, 0.1) is 5.41 Å². The number of carbonyl (C=O) groups excluding carboxylic acids is 2. The molecule has 4 unspecified atom stereocenters. The number of carbonyl (C=O) groups is 2. The molecule has 4 fully saturated rings. The molecule has 4 aliphatic heterocycles. The van der Waals surface area contributed by atoms with Gasteiger partial charge in [0.05, 0.1) is 11.5 Å². The number of nitrogens with one attached hydrogen (secondary N) is 1. The summed E-state index contributed by atoms with van der Waals surface area (Å²) in [6, 6.07) is -0.261. The highest BCUT2D eigenvalue weighted by Gasteiger charge is 2.78. The fourth-order valence-corrected chi connectivity index (χ4v) is 3.50. The number of esters is 1. The Labute approximate surface area is 94.1 Å². The van der Waals surface area contributed by atoms with Gasteiger partial charge in [0.15, 0.2) is 5.72 Å². The van der Waals surface area contributed by atoms with Crippen LogP contribution in [0.5, 0.6) is 0 Å². The Kier molecular flexibility index (Phi) is 1.43. The van der Waals surface area contributed by atoms with Crippen molar-refractivity contribution < 1.29 is 14.3 Å². The van der Waals surface area contributed by atoms with Gasteiger partial charge >= 0.3 is 5.97 Å². The van der Waals surface area contributed by atoms with Crippen LogP contribution >= 0.6 is 0 Å². The zero-order valence-electron chi connectivity index (χ0n) is 9.96. The summed E-state index contributed by atoms with van der Waals surface area (Å²) < 4.78 is 5.55. The summed E-state index contributed by atoms with van der Waals surface area (Å²) in [6.07, 6.45) is 0.542. The molecule has 4 aliphatic rings. The maximum Gasteiger partial charge on any atom is 0.316 e. The van der Waals surface area contributed by atoms with E-state index in [1.54, 1.807) is 0 Å². The van der Waals surface area contributed by atoms with Crippen molar-refractivity contribution in [2.45, 2.75) is 44.5 Å². The molecule has 4 rings (SSSR count). The maximum absolute atomic E-state index is 12.0. The van der Waals surface area contributed by atoms with Gasteiger partial charge < -0.3 is 10.1 Å². The number of amides is 1. The number of piperazine rings is 1. The SMILES string of the molecule is CN1C2CC3(C)C(=O)OC1(C)C3(C)NC2=O. The minimum Gasteiger partial charge on any atom is -0.441 e. The predicted octanol–water partition coefficient (Wildman–Crippen LogP) is -0.142. The first-order valence-electron chi connectivity index (χ1n) is 5.55. The van der Waals surface area contributed by atoms with Gasteiger partial charge in [0.1, 0.15) is 5.54 Å². The Balaban J connectivity index is 2.26. The predicted molar refractivity (Wildman–Crippen MR) is 55.3 cm³/mol. The zero-order valence-corrected chi connectivity index (χ0v) is 9.96. The molecule has 0 aromatic carbocycles. The molecular weight excluding hydrogens is 208 g/mol. The minimum atomic E-state index is -0.727. The van der Waals surface area contributed by atoms with Gasteiger partial charge in [0, 0.05) is 0 Å². The third-order valence-electron chi connectivity index (χ3n) is 5.19.